The van der Waals surface area contributed by atoms with Gasteiger partial charge in [0.2, 0.25) is 0 Å². The first kappa shape index (κ1) is 15.8. The van der Waals surface area contributed by atoms with Gasteiger partial charge in [-0.15, -0.1) is 0 Å². The third-order valence-corrected chi connectivity index (χ3v) is 4.99. The maximum Gasteiger partial charge on any atom is 0.160 e. The van der Waals surface area contributed by atoms with Gasteiger partial charge in [-0.3, -0.25) is 0 Å². The zero-order valence-corrected chi connectivity index (χ0v) is 13.1. The van der Waals surface area contributed by atoms with E-state index >= 15 is 0 Å². The molecular weight excluding hydrogens is 250 g/mol. The van der Waals surface area contributed by atoms with Crippen LogP contribution in [0.4, 0.5) is 0 Å². The van der Waals surface area contributed by atoms with Crippen LogP contribution in [-0.4, -0.2) is 19.5 Å². The van der Waals surface area contributed by atoms with Crippen molar-refractivity contribution in [3.63, 3.8) is 0 Å². The van der Waals surface area contributed by atoms with Crippen LogP contribution in [-0.2, 0) is 9.47 Å². The van der Waals surface area contributed by atoms with Crippen LogP contribution < -0.4 is 0 Å². The van der Waals surface area contributed by atoms with E-state index in [4.69, 9.17) is 9.47 Å². The van der Waals surface area contributed by atoms with Crippen LogP contribution >= 0.6 is 0 Å². The highest BCUT2D eigenvalue weighted by Gasteiger charge is 2.39. The van der Waals surface area contributed by atoms with Crippen molar-refractivity contribution in [3.8, 4) is 6.07 Å². The van der Waals surface area contributed by atoms with Crippen LogP contribution in [0.25, 0.3) is 0 Å². The molecular formula is C17H29NO2. The third-order valence-electron chi connectivity index (χ3n) is 4.99. The molecule has 0 atom stereocenters. The van der Waals surface area contributed by atoms with Crippen LogP contribution in [0.15, 0.2) is 0 Å². The highest BCUT2D eigenvalue weighted by molar-refractivity contribution is 5.00. The van der Waals surface area contributed by atoms with Gasteiger partial charge in [0.1, 0.15) is 5.41 Å². The Morgan fingerprint density at radius 1 is 1.05 bits per heavy atom. The zero-order chi connectivity index (χ0) is 14.4. The Labute approximate surface area is 123 Å². The van der Waals surface area contributed by atoms with E-state index < -0.39 is 5.41 Å². The maximum atomic E-state index is 9.35. The van der Waals surface area contributed by atoms with E-state index in [1.54, 1.807) is 0 Å². The molecule has 2 aliphatic rings. The number of hydrogen-bond donors (Lipinski definition) is 0. The first-order valence-corrected chi connectivity index (χ1v) is 8.37. The molecule has 0 bridgehead atoms. The molecule has 0 aromatic carbocycles. The summed E-state index contributed by atoms with van der Waals surface area (Å²) in [6.07, 6.45) is 9.58. The molecule has 20 heavy (non-hydrogen) atoms. The summed E-state index contributed by atoms with van der Waals surface area (Å²) in [4.78, 5) is 0. The second-order valence-corrected chi connectivity index (χ2v) is 6.70. The first-order valence-electron chi connectivity index (χ1n) is 8.37. The lowest BCUT2D eigenvalue weighted by Gasteiger charge is -2.40. The Balaban J connectivity index is 1.79. The lowest BCUT2D eigenvalue weighted by molar-refractivity contribution is -0.244. The molecule has 3 nitrogen and oxygen atoms in total. The number of nitrogens with zero attached hydrogens (tertiary/aromatic N) is 1. The van der Waals surface area contributed by atoms with Gasteiger partial charge in [-0.25, -0.2) is 0 Å². The number of rotatable bonds is 5. The van der Waals surface area contributed by atoms with E-state index in [0.29, 0.717) is 19.1 Å². The number of nitriles is 1. The van der Waals surface area contributed by atoms with Crippen LogP contribution in [0.5, 0.6) is 0 Å². The summed E-state index contributed by atoms with van der Waals surface area (Å²) in [6, 6.07) is 2.42. The van der Waals surface area contributed by atoms with Crippen molar-refractivity contribution in [1.29, 1.82) is 5.26 Å². The lowest BCUT2D eigenvalue weighted by atomic mass is 9.79. The molecule has 1 heterocycles. The molecule has 0 aromatic heterocycles. The minimum Gasteiger partial charge on any atom is -0.351 e. The van der Waals surface area contributed by atoms with Gasteiger partial charge in [-0.05, 0) is 38.0 Å². The molecule has 0 aromatic rings. The van der Waals surface area contributed by atoms with E-state index in [1.165, 1.54) is 38.5 Å². The molecule has 1 saturated carbocycles. The minimum absolute atomic E-state index is 0.0593. The van der Waals surface area contributed by atoms with Gasteiger partial charge >= 0.3 is 0 Å². The molecule has 2 rings (SSSR count). The maximum absolute atomic E-state index is 9.35. The average Bonchev–Trinajstić information content (AvgIpc) is 2.50. The molecule has 0 radical (unpaired) electrons. The molecule has 1 aliphatic carbocycles. The lowest BCUT2D eigenvalue weighted by Crippen LogP contribution is -2.44. The largest absolute Gasteiger partial charge is 0.351 e. The van der Waals surface area contributed by atoms with Crippen LogP contribution in [0.1, 0.15) is 65.2 Å². The van der Waals surface area contributed by atoms with Crippen molar-refractivity contribution < 1.29 is 9.47 Å². The Hall–Kier alpha value is -0.590. The second kappa shape index (κ2) is 7.43. The SMILES string of the molecule is CCC[C@H]1CC[C@H]([C@H]2OC[C@](C#N)(CCC)CO2)CC1. The van der Waals surface area contributed by atoms with Gasteiger partial charge in [0.05, 0.1) is 19.3 Å². The summed E-state index contributed by atoms with van der Waals surface area (Å²) in [5, 5.41) is 9.35. The minimum atomic E-state index is -0.398. The summed E-state index contributed by atoms with van der Waals surface area (Å²) in [6.45, 7) is 5.49. The fraction of sp³-hybridized carbons (Fsp3) is 0.941. The predicted molar refractivity (Wildman–Crippen MR) is 79.0 cm³/mol. The fourth-order valence-electron chi connectivity index (χ4n) is 3.75. The van der Waals surface area contributed by atoms with Crippen LogP contribution in [0, 0.1) is 28.6 Å². The molecule has 3 heteroatoms. The van der Waals surface area contributed by atoms with Gasteiger partial charge in [-0.2, -0.15) is 5.26 Å². The smallest absolute Gasteiger partial charge is 0.160 e. The van der Waals surface area contributed by atoms with E-state index in [9.17, 15) is 5.26 Å². The quantitative estimate of drug-likeness (QED) is 0.754. The Kier molecular flexibility index (Phi) is 5.86. The highest BCUT2D eigenvalue weighted by atomic mass is 16.7. The normalized spacial score (nSPS) is 38.4. The third kappa shape index (κ3) is 3.74. The van der Waals surface area contributed by atoms with Gasteiger partial charge < -0.3 is 9.47 Å². The highest BCUT2D eigenvalue weighted by Crippen LogP contribution is 2.38. The molecule has 2 fully saturated rings. The molecule has 0 amide bonds. The van der Waals surface area contributed by atoms with E-state index in [0.717, 1.165) is 18.8 Å². The number of ether oxygens (including phenoxy) is 2. The summed E-state index contributed by atoms with van der Waals surface area (Å²) < 4.78 is 11.9. The fourth-order valence-corrected chi connectivity index (χ4v) is 3.75. The van der Waals surface area contributed by atoms with Crippen molar-refractivity contribution >= 4 is 0 Å². The molecule has 0 N–H and O–H groups in total. The van der Waals surface area contributed by atoms with Gasteiger partial charge in [0.25, 0.3) is 0 Å². The average molecular weight is 279 g/mol. The van der Waals surface area contributed by atoms with Crippen molar-refractivity contribution in [1.82, 2.24) is 0 Å². The second-order valence-electron chi connectivity index (χ2n) is 6.70. The Morgan fingerprint density at radius 2 is 1.70 bits per heavy atom. The topological polar surface area (TPSA) is 42.2 Å². The monoisotopic (exact) mass is 279 g/mol. The Morgan fingerprint density at radius 3 is 2.20 bits per heavy atom. The number of hydrogen-bond acceptors (Lipinski definition) is 3. The zero-order valence-electron chi connectivity index (χ0n) is 13.1. The first-order chi connectivity index (χ1) is 9.73. The van der Waals surface area contributed by atoms with E-state index in [2.05, 4.69) is 19.9 Å². The van der Waals surface area contributed by atoms with Crippen LogP contribution in [0.3, 0.4) is 0 Å². The molecule has 1 aliphatic heterocycles. The molecule has 0 unspecified atom stereocenters. The van der Waals surface area contributed by atoms with Gasteiger partial charge in [-0.1, -0.05) is 33.1 Å². The van der Waals surface area contributed by atoms with E-state index in [1.807, 2.05) is 0 Å². The Bertz CT molecular complexity index is 320. The standard InChI is InChI=1S/C17H29NO2/c1-3-5-14-6-8-15(9-7-14)16-19-12-17(11-18,10-4-2)13-20-16/h14-16H,3-10,12-13H2,1-2H3/t14-,15-,16-,17+. The van der Waals surface area contributed by atoms with Crippen molar-refractivity contribution in [2.45, 2.75) is 71.5 Å². The van der Waals surface area contributed by atoms with E-state index in [-0.39, 0.29) is 6.29 Å². The molecule has 1 saturated heterocycles. The summed E-state index contributed by atoms with van der Waals surface area (Å²) in [7, 11) is 0. The van der Waals surface area contributed by atoms with Crippen LogP contribution in [0.2, 0.25) is 0 Å². The van der Waals surface area contributed by atoms with Crippen molar-refractivity contribution in [2.24, 2.45) is 17.3 Å². The van der Waals surface area contributed by atoms with Crippen molar-refractivity contribution in [3.05, 3.63) is 0 Å². The van der Waals surface area contributed by atoms with Gasteiger partial charge in [0, 0.05) is 5.92 Å². The van der Waals surface area contributed by atoms with Gasteiger partial charge in [0.15, 0.2) is 6.29 Å². The summed E-state index contributed by atoms with van der Waals surface area (Å²) >= 11 is 0. The molecule has 0 spiro atoms. The van der Waals surface area contributed by atoms with Crippen molar-refractivity contribution in [2.75, 3.05) is 13.2 Å². The summed E-state index contributed by atoms with van der Waals surface area (Å²) in [5.74, 6) is 1.46. The predicted octanol–water partition coefficient (Wildman–Crippen LogP) is 4.28. The summed E-state index contributed by atoms with van der Waals surface area (Å²) in [5.41, 5.74) is -0.398. The molecule has 114 valence electrons.